The first kappa shape index (κ1) is 30.8. The summed E-state index contributed by atoms with van der Waals surface area (Å²) in [5.41, 5.74) is 11.3. The van der Waals surface area contributed by atoms with Crippen LogP contribution in [0, 0.1) is 0 Å². The minimum Gasteiger partial charge on any atom is -0.372 e. The van der Waals surface area contributed by atoms with Crippen LogP contribution in [0.5, 0.6) is 0 Å². The summed E-state index contributed by atoms with van der Waals surface area (Å²) in [6.45, 7) is 14.6. The Morgan fingerprint density at radius 3 is 1.48 bits per heavy atom. The lowest BCUT2D eigenvalue weighted by Crippen LogP contribution is -2.21. The lowest BCUT2D eigenvalue weighted by molar-refractivity contribution is -0.539. The molecule has 3 nitrogen and oxygen atoms in total. The Morgan fingerprint density at radius 1 is 0.523 bits per heavy atom. The van der Waals surface area contributed by atoms with Gasteiger partial charge in [0.1, 0.15) is 6.54 Å². The molecule has 0 heterocycles. The molecule has 4 aromatic carbocycles. The zero-order valence-corrected chi connectivity index (χ0v) is 26.8. The van der Waals surface area contributed by atoms with E-state index in [1.165, 1.54) is 50.5 Å². The molecule has 3 heteroatoms. The van der Waals surface area contributed by atoms with Crippen molar-refractivity contribution in [2.45, 2.75) is 40.8 Å². The molecule has 0 spiro atoms. The maximum atomic E-state index is 2.43. The van der Waals surface area contributed by atoms with Crippen molar-refractivity contribution in [3.8, 4) is 0 Å². The third-order valence-electron chi connectivity index (χ3n) is 8.52. The molecule has 0 aromatic heterocycles. The summed E-state index contributed by atoms with van der Waals surface area (Å²) in [4.78, 5) is 4.82. The highest BCUT2D eigenvalue weighted by Crippen LogP contribution is 2.32. The predicted molar refractivity (Wildman–Crippen MR) is 190 cm³/mol. The zero-order chi connectivity index (χ0) is 30.7. The first-order valence-electron chi connectivity index (χ1n) is 16.1. The van der Waals surface area contributed by atoms with E-state index < -0.39 is 0 Å². The Labute approximate surface area is 264 Å². The molecule has 0 unspecified atom stereocenters. The third kappa shape index (κ3) is 7.47. The molecule has 0 saturated carbocycles. The third-order valence-corrected chi connectivity index (χ3v) is 8.52. The van der Waals surface area contributed by atoms with Gasteiger partial charge in [-0.15, -0.1) is 0 Å². The van der Waals surface area contributed by atoms with Gasteiger partial charge in [-0.1, -0.05) is 84.9 Å². The molecule has 0 radical (unpaired) electrons. The van der Waals surface area contributed by atoms with Gasteiger partial charge in [0.25, 0.3) is 0 Å². The van der Waals surface area contributed by atoms with E-state index in [4.69, 9.17) is 0 Å². The topological polar surface area (TPSA) is 9.49 Å². The van der Waals surface area contributed by atoms with Gasteiger partial charge in [-0.25, -0.2) is 4.58 Å². The molecule has 4 aromatic rings. The van der Waals surface area contributed by atoms with Crippen LogP contribution in [0.3, 0.4) is 0 Å². The van der Waals surface area contributed by atoms with Crippen molar-refractivity contribution in [1.82, 2.24) is 0 Å². The second-order valence-electron chi connectivity index (χ2n) is 11.2. The van der Waals surface area contributed by atoms with Gasteiger partial charge >= 0.3 is 0 Å². The lowest BCUT2D eigenvalue weighted by atomic mass is 9.90. The monoisotopic (exact) mass is 580 g/mol. The standard InChI is InChI=1S/C41H46N3/c1-5-42(6-2)38-25-19-35(20-26-38)41(36-21-27-39(28-22-36)43(7-3)31-33-15-11-9-12-16-33)37-23-29-40(30-24-37)44(8-4)32-34-17-13-10-14-18-34/h9-30H,5-8,31-32H2,1-4H3/q+1. The molecule has 1 aliphatic rings. The zero-order valence-electron chi connectivity index (χ0n) is 26.8. The minimum atomic E-state index is 0.901. The molecule has 0 fully saturated rings. The fourth-order valence-corrected chi connectivity index (χ4v) is 5.98. The molecule has 0 bridgehead atoms. The van der Waals surface area contributed by atoms with Gasteiger partial charge in [-0.3, -0.25) is 0 Å². The summed E-state index contributed by atoms with van der Waals surface area (Å²) in [5.74, 6) is 0. The maximum Gasteiger partial charge on any atom is 0.200 e. The Bertz CT molecular complexity index is 1590. The number of benzene rings is 4. The van der Waals surface area contributed by atoms with Gasteiger partial charge in [-0.05, 0) is 91.9 Å². The normalized spacial score (nSPS) is 12.4. The lowest BCUT2D eigenvalue weighted by Gasteiger charge is -2.24. The van der Waals surface area contributed by atoms with Crippen LogP contribution >= 0.6 is 0 Å². The molecule has 44 heavy (non-hydrogen) atoms. The molecule has 224 valence electrons. The van der Waals surface area contributed by atoms with E-state index in [1.54, 1.807) is 0 Å². The highest BCUT2D eigenvalue weighted by molar-refractivity contribution is 6.04. The Hall–Kier alpha value is -4.63. The smallest absolute Gasteiger partial charge is 0.200 e. The van der Waals surface area contributed by atoms with E-state index in [-0.39, 0.29) is 0 Å². The van der Waals surface area contributed by atoms with Gasteiger partial charge in [0, 0.05) is 55.3 Å². The van der Waals surface area contributed by atoms with Crippen LogP contribution < -0.4 is 9.80 Å². The Kier molecular flexibility index (Phi) is 10.6. The number of hydrogen-bond acceptors (Lipinski definition) is 2. The fraction of sp³-hybridized carbons (Fsp3) is 0.244. The van der Waals surface area contributed by atoms with E-state index >= 15 is 0 Å². The molecule has 0 saturated heterocycles. The van der Waals surface area contributed by atoms with Gasteiger partial charge in [-0.2, -0.15) is 0 Å². The highest BCUT2D eigenvalue weighted by Gasteiger charge is 2.16. The summed E-state index contributed by atoms with van der Waals surface area (Å²) in [7, 11) is 0. The SMILES string of the molecule is CCN(CC)c1ccc(C(=C2C=CC(=[N+](CC)Cc3ccccc3)C=C2)c2ccc(N(CC)Cc3ccccc3)cc2)cc1. The summed E-state index contributed by atoms with van der Waals surface area (Å²) in [6.07, 6.45) is 9.13. The van der Waals surface area contributed by atoms with Gasteiger partial charge in [0.05, 0.1) is 0 Å². The first-order valence-corrected chi connectivity index (χ1v) is 16.1. The van der Waals surface area contributed by atoms with Crippen molar-refractivity contribution in [3.05, 3.63) is 161 Å². The Morgan fingerprint density at radius 2 is 1.00 bits per heavy atom. The van der Waals surface area contributed by atoms with E-state index in [1.807, 2.05) is 0 Å². The first-order chi connectivity index (χ1) is 21.6. The molecule has 1 aliphatic carbocycles. The van der Waals surface area contributed by atoms with E-state index in [0.717, 1.165) is 39.3 Å². The minimum absolute atomic E-state index is 0.901. The predicted octanol–water partition coefficient (Wildman–Crippen LogP) is 9.16. The van der Waals surface area contributed by atoms with Crippen molar-refractivity contribution in [1.29, 1.82) is 0 Å². The number of nitrogens with zero attached hydrogens (tertiary/aromatic N) is 3. The summed E-state index contributed by atoms with van der Waals surface area (Å²) < 4.78 is 2.43. The van der Waals surface area contributed by atoms with E-state index in [0.29, 0.717) is 0 Å². The average Bonchev–Trinajstić information content (AvgIpc) is 3.09. The number of hydrogen-bond donors (Lipinski definition) is 0. The van der Waals surface area contributed by atoms with Crippen LogP contribution in [-0.2, 0) is 13.1 Å². The number of rotatable bonds is 12. The fourth-order valence-electron chi connectivity index (χ4n) is 5.98. The van der Waals surface area contributed by atoms with Crippen molar-refractivity contribution < 1.29 is 4.58 Å². The molecule has 5 rings (SSSR count). The van der Waals surface area contributed by atoms with Crippen molar-refractivity contribution in [2.24, 2.45) is 0 Å². The van der Waals surface area contributed by atoms with E-state index in [2.05, 4.69) is 176 Å². The van der Waals surface area contributed by atoms with Crippen LogP contribution in [0.4, 0.5) is 11.4 Å². The highest BCUT2D eigenvalue weighted by atomic mass is 15.1. The van der Waals surface area contributed by atoms with Crippen LogP contribution in [0.1, 0.15) is 49.9 Å². The van der Waals surface area contributed by atoms with Crippen LogP contribution in [0.15, 0.2) is 139 Å². The summed E-state index contributed by atoms with van der Waals surface area (Å²) in [5, 5.41) is 0. The molecular weight excluding hydrogens is 534 g/mol. The van der Waals surface area contributed by atoms with Gasteiger partial charge in [0.15, 0.2) is 12.3 Å². The van der Waals surface area contributed by atoms with Crippen LogP contribution in [-0.4, -0.2) is 36.5 Å². The summed E-state index contributed by atoms with van der Waals surface area (Å²) in [6, 6.07) is 39.7. The molecule has 0 atom stereocenters. The van der Waals surface area contributed by atoms with Crippen LogP contribution in [0.2, 0.25) is 0 Å². The molecular formula is C41H46N3+. The van der Waals surface area contributed by atoms with Crippen molar-refractivity contribution in [2.75, 3.05) is 36.0 Å². The van der Waals surface area contributed by atoms with Gasteiger partial charge in [0.2, 0.25) is 0 Å². The Balaban J connectivity index is 1.50. The second-order valence-corrected chi connectivity index (χ2v) is 11.2. The largest absolute Gasteiger partial charge is 0.372 e. The van der Waals surface area contributed by atoms with Crippen molar-refractivity contribution >= 4 is 22.7 Å². The molecule has 0 N–H and O–H groups in total. The number of anilines is 2. The van der Waals surface area contributed by atoms with Crippen molar-refractivity contribution in [3.63, 3.8) is 0 Å². The maximum absolute atomic E-state index is 2.43. The quantitative estimate of drug-likeness (QED) is 0.155. The molecule has 0 aliphatic heterocycles. The molecule has 0 amide bonds. The average molecular weight is 581 g/mol. The summed E-state index contributed by atoms with van der Waals surface area (Å²) >= 11 is 0. The number of allylic oxidation sites excluding steroid dienone is 5. The van der Waals surface area contributed by atoms with Crippen LogP contribution in [0.25, 0.3) is 5.57 Å². The second kappa shape index (κ2) is 15.2. The van der Waals surface area contributed by atoms with Gasteiger partial charge < -0.3 is 9.80 Å². The van der Waals surface area contributed by atoms with E-state index in [9.17, 15) is 0 Å².